The van der Waals surface area contributed by atoms with Gasteiger partial charge in [-0.2, -0.15) is 0 Å². The van der Waals surface area contributed by atoms with Gasteiger partial charge in [-0.05, 0) is 36.8 Å². The van der Waals surface area contributed by atoms with Crippen molar-refractivity contribution in [1.82, 2.24) is 10.2 Å². The van der Waals surface area contributed by atoms with Crippen molar-refractivity contribution in [3.8, 4) is 5.75 Å². The highest BCUT2D eigenvalue weighted by atomic mass is 35.5. The van der Waals surface area contributed by atoms with Crippen molar-refractivity contribution in [2.45, 2.75) is 19.6 Å². The molecule has 5 nitrogen and oxygen atoms in total. The van der Waals surface area contributed by atoms with Crippen LogP contribution in [0.5, 0.6) is 5.75 Å². The molecule has 1 unspecified atom stereocenters. The van der Waals surface area contributed by atoms with Crippen LogP contribution in [0.3, 0.4) is 0 Å². The minimum absolute atomic E-state index is 0.209. The molecule has 142 valence electrons. The summed E-state index contributed by atoms with van der Waals surface area (Å²) in [6.45, 7) is 3.32. The maximum absolute atomic E-state index is 13.9. The lowest BCUT2D eigenvalue weighted by molar-refractivity contribution is 0.190. The molecule has 0 fully saturated rings. The molecule has 1 aromatic carbocycles. The molecule has 8 heteroatoms. The molecule has 0 saturated heterocycles. The molecular weight excluding hydrogens is 377 g/mol. The summed E-state index contributed by atoms with van der Waals surface area (Å²) in [5, 5.41) is 13.4. The van der Waals surface area contributed by atoms with Crippen LogP contribution in [0, 0.1) is 5.82 Å². The van der Waals surface area contributed by atoms with Crippen LogP contribution >= 0.6 is 22.9 Å². The quantitative estimate of drug-likeness (QED) is 0.550. The Kier molecular flexibility index (Phi) is 7.68. The topological polar surface area (TPSA) is 57.1 Å². The highest BCUT2D eigenvalue weighted by Crippen LogP contribution is 2.27. The second-order valence-corrected chi connectivity index (χ2v) is 7.42. The number of hydrogen-bond acceptors (Lipinski definition) is 4. The summed E-state index contributed by atoms with van der Waals surface area (Å²) in [6, 6.07) is 8.41. The predicted molar refractivity (Wildman–Crippen MR) is 105 cm³/mol. The molecule has 0 saturated carbocycles. The molecule has 2 N–H and O–H groups in total. The fraction of sp³-hybridized carbons (Fsp3) is 0.389. The van der Waals surface area contributed by atoms with E-state index < -0.39 is 11.9 Å². The number of methoxy groups -OCH3 is 1. The number of nitrogens with zero attached hydrogens (tertiary/aromatic N) is 2. The van der Waals surface area contributed by atoms with Crippen molar-refractivity contribution >= 4 is 28.9 Å². The van der Waals surface area contributed by atoms with Gasteiger partial charge in [0.2, 0.25) is 0 Å². The zero-order valence-electron chi connectivity index (χ0n) is 15.0. The van der Waals surface area contributed by atoms with Crippen molar-refractivity contribution in [3.05, 3.63) is 50.9 Å². The molecule has 1 heterocycles. The van der Waals surface area contributed by atoms with Gasteiger partial charge in [0.15, 0.2) is 17.5 Å². The Balaban J connectivity index is 2.05. The maximum Gasteiger partial charge on any atom is 0.194 e. The van der Waals surface area contributed by atoms with Crippen molar-refractivity contribution < 1.29 is 14.2 Å². The Morgan fingerprint density at radius 2 is 2.19 bits per heavy atom. The SMILES string of the molecule is CCNC(=NCC(O)c1ccc(Cl)s1)N(C)Cc1ccc(OC)c(F)c1. The van der Waals surface area contributed by atoms with E-state index in [1.54, 1.807) is 18.2 Å². The zero-order valence-corrected chi connectivity index (χ0v) is 16.6. The number of thiophene rings is 1. The highest BCUT2D eigenvalue weighted by Gasteiger charge is 2.13. The van der Waals surface area contributed by atoms with Crippen molar-refractivity contribution in [2.24, 2.45) is 4.99 Å². The van der Waals surface area contributed by atoms with E-state index in [1.807, 2.05) is 24.9 Å². The number of nitrogens with one attached hydrogen (secondary N) is 1. The summed E-state index contributed by atoms with van der Waals surface area (Å²) in [7, 11) is 3.30. The fourth-order valence-electron chi connectivity index (χ4n) is 2.40. The Labute approximate surface area is 162 Å². The summed E-state index contributed by atoms with van der Waals surface area (Å²) < 4.78 is 19.4. The maximum atomic E-state index is 13.9. The number of hydrogen-bond donors (Lipinski definition) is 2. The van der Waals surface area contributed by atoms with Crippen LogP contribution in [0.4, 0.5) is 4.39 Å². The number of halogens is 2. The number of rotatable bonds is 7. The molecule has 2 rings (SSSR count). The minimum Gasteiger partial charge on any atom is -0.494 e. The first kappa shape index (κ1) is 20.5. The van der Waals surface area contributed by atoms with E-state index in [4.69, 9.17) is 16.3 Å². The molecule has 0 aliphatic rings. The molecule has 0 radical (unpaired) electrons. The summed E-state index contributed by atoms with van der Waals surface area (Å²) in [5.41, 5.74) is 0.794. The molecule has 26 heavy (non-hydrogen) atoms. The van der Waals surface area contributed by atoms with Gasteiger partial charge in [-0.3, -0.25) is 4.99 Å². The molecule has 0 aliphatic heterocycles. The van der Waals surface area contributed by atoms with Gasteiger partial charge in [-0.15, -0.1) is 11.3 Å². The van der Waals surface area contributed by atoms with E-state index in [0.29, 0.717) is 23.4 Å². The molecule has 1 atom stereocenters. The first-order valence-electron chi connectivity index (χ1n) is 8.19. The minimum atomic E-state index is -0.715. The van der Waals surface area contributed by atoms with Crippen LogP contribution in [0.2, 0.25) is 4.34 Å². The van der Waals surface area contributed by atoms with E-state index in [1.165, 1.54) is 24.5 Å². The van der Waals surface area contributed by atoms with Crippen LogP contribution in [-0.4, -0.2) is 43.2 Å². The monoisotopic (exact) mass is 399 g/mol. The Bertz CT molecular complexity index is 754. The summed E-state index contributed by atoms with van der Waals surface area (Å²) in [4.78, 5) is 7.12. The van der Waals surface area contributed by atoms with Crippen molar-refractivity contribution in [1.29, 1.82) is 0 Å². The van der Waals surface area contributed by atoms with Gasteiger partial charge in [0.1, 0.15) is 6.10 Å². The van der Waals surface area contributed by atoms with E-state index in [2.05, 4.69) is 10.3 Å². The molecule has 0 bridgehead atoms. The number of aliphatic imine (C=N–C) groups is 1. The first-order valence-corrected chi connectivity index (χ1v) is 9.39. The molecule has 0 aliphatic carbocycles. The third-order valence-electron chi connectivity index (χ3n) is 3.67. The third-order valence-corrected chi connectivity index (χ3v) is 5.00. The average molecular weight is 400 g/mol. The van der Waals surface area contributed by atoms with Gasteiger partial charge in [-0.1, -0.05) is 17.7 Å². The Morgan fingerprint density at radius 1 is 1.42 bits per heavy atom. The standard InChI is InChI=1S/C18H23ClFN3O2S/c1-4-21-18(22-10-14(24)16-7-8-17(19)26-16)23(2)11-12-5-6-15(25-3)13(20)9-12/h5-9,14,24H,4,10-11H2,1-3H3,(H,21,22). The second-order valence-electron chi connectivity index (χ2n) is 5.68. The van der Waals surface area contributed by atoms with Gasteiger partial charge in [0.05, 0.1) is 18.0 Å². The molecule has 2 aromatic rings. The molecule has 0 amide bonds. The Morgan fingerprint density at radius 3 is 2.77 bits per heavy atom. The summed E-state index contributed by atoms with van der Waals surface area (Å²) in [6.07, 6.45) is -0.715. The van der Waals surface area contributed by atoms with Crippen LogP contribution in [0.1, 0.15) is 23.5 Å². The summed E-state index contributed by atoms with van der Waals surface area (Å²) in [5.74, 6) is 0.450. The van der Waals surface area contributed by atoms with E-state index >= 15 is 0 Å². The van der Waals surface area contributed by atoms with Crippen molar-refractivity contribution in [3.63, 3.8) is 0 Å². The van der Waals surface area contributed by atoms with Crippen LogP contribution < -0.4 is 10.1 Å². The predicted octanol–water partition coefficient (Wildman–Crippen LogP) is 3.68. The largest absolute Gasteiger partial charge is 0.494 e. The van der Waals surface area contributed by atoms with Crippen LogP contribution in [-0.2, 0) is 6.54 Å². The van der Waals surface area contributed by atoms with E-state index in [0.717, 1.165) is 10.4 Å². The molecular formula is C18H23ClFN3O2S. The van der Waals surface area contributed by atoms with Gasteiger partial charge < -0.3 is 20.1 Å². The van der Waals surface area contributed by atoms with Crippen LogP contribution in [0.15, 0.2) is 35.3 Å². The number of guanidine groups is 1. The van der Waals surface area contributed by atoms with Gasteiger partial charge in [-0.25, -0.2) is 4.39 Å². The van der Waals surface area contributed by atoms with Crippen molar-refractivity contribution in [2.75, 3.05) is 27.2 Å². The average Bonchev–Trinajstić information content (AvgIpc) is 3.05. The lowest BCUT2D eigenvalue weighted by Gasteiger charge is -2.22. The molecule has 1 aromatic heterocycles. The lowest BCUT2D eigenvalue weighted by Crippen LogP contribution is -2.38. The lowest BCUT2D eigenvalue weighted by atomic mass is 10.2. The van der Waals surface area contributed by atoms with Crippen LogP contribution in [0.25, 0.3) is 0 Å². The summed E-state index contributed by atoms with van der Waals surface area (Å²) >= 11 is 7.24. The number of benzene rings is 1. The smallest absolute Gasteiger partial charge is 0.194 e. The van der Waals surface area contributed by atoms with Gasteiger partial charge >= 0.3 is 0 Å². The fourth-order valence-corrected chi connectivity index (χ4v) is 3.44. The Hall–Kier alpha value is -1.83. The molecule has 0 spiro atoms. The number of aliphatic hydroxyl groups excluding tert-OH is 1. The highest BCUT2D eigenvalue weighted by molar-refractivity contribution is 7.16. The first-order chi connectivity index (χ1) is 12.4. The van der Waals surface area contributed by atoms with Gasteiger partial charge in [0.25, 0.3) is 0 Å². The van der Waals surface area contributed by atoms with Gasteiger partial charge in [0, 0.05) is 25.0 Å². The number of ether oxygens (including phenoxy) is 1. The normalized spacial score (nSPS) is 12.8. The second kappa shape index (κ2) is 9.75. The third kappa shape index (κ3) is 5.59. The zero-order chi connectivity index (χ0) is 19.1. The number of aliphatic hydroxyl groups is 1. The van der Waals surface area contributed by atoms with E-state index in [9.17, 15) is 9.50 Å². The van der Waals surface area contributed by atoms with E-state index in [-0.39, 0.29) is 12.3 Å².